The molecule has 0 aromatic heterocycles. The van der Waals surface area contributed by atoms with Crippen LogP contribution < -0.4 is 48.3 Å². The molecule has 1 saturated heterocycles. The van der Waals surface area contributed by atoms with Gasteiger partial charge in [-0.25, -0.2) is 0 Å². The number of nitrogens with zero attached hydrogens (tertiary/aromatic N) is 1. The number of carboxylic acids is 1. The second-order valence-corrected chi connectivity index (χ2v) is 24.8. The van der Waals surface area contributed by atoms with Crippen LogP contribution in [0.3, 0.4) is 0 Å². The van der Waals surface area contributed by atoms with Crippen LogP contribution in [0, 0.1) is 5.92 Å². The summed E-state index contributed by atoms with van der Waals surface area (Å²) in [6, 6.07) is -0.726. The number of rotatable bonds is 39. The summed E-state index contributed by atoms with van der Waals surface area (Å²) in [6.07, 6.45) is 13.4. The van der Waals surface area contributed by atoms with Crippen LogP contribution in [0.2, 0.25) is 0 Å². The van der Waals surface area contributed by atoms with E-state index in [1.165, 1.54) is 63.7 Å². The van der Waals surface area contributed by atoms with Crippen molar-refractivity contribution in [1.82, 2.24) is 47.4 Å². The molecular formula is C51H84N10O11S6. The van der Waals surface area contributed by atoms with Gasteiger partial charge in [-0.1, -0.05) is 44.2 Å². The highest BCUT2D eigenvalue weighted by atomic mass is 32.2. The van der Waals surface area contributed by atoms with Gasteiger partial charge >= 0.3 is 5.97 Å². The van der Waals surface area contributed by atoms with Crippen molar-refractivity contribution >= 4 is 130 Å². The number of carbonyl (C=O) groups excluding carboxylic acids is 9. The fourth-order valence-corrected chi connectivity index (χ4v) is 11.0. The number of carbonyl (C=O) groups is 10. The number of thioether (sulfide) groups is 6. The Bertz CT molecular complexity index is 2090. The molecule has 440 valence electrons. The molecule has 9 amide bonds. The van der Waals surface area contributed by atoms with Crippen molar-refractivity contribution in [3.05, 3.63) is 35.9 Å². The molecular weight excluding hydrogens is 1120 g/mol. The van der Waals surface area contributed by atoms with Gasteiger partial charge in [-0.05, 0) is 135 Å². The molecule has 1 aliphatic heterocycles. The van der Waals surface area contributed by atoms with Crippen LogP contribution in [0.15, 0.2) is 30.3 Å². The molecule has 0 radical (unpaired) electrons. The molecule has 2 rings (SSSR count). The highest BCUT2D eigenvalue weighted by molar-refractivity contribution is 7.99. The average molecular weight is 1210 g/mol. The smallest absolute Gasteiger partial charge is 0.322 e. The number of likely N-dealkylation sites (tertiary alicyclic amines) is 1. The maximum Gasteiger partial charge on any atom is 0.322 e. The van der Waals surface area contributed by atoms with Crippen molar-refractivity contribution < 1.29 is 53.1 Å². The van der Waals surface area contributed by atoms with Gasteiger partial charge in [0.25, 0.3) is 0 Å². The van der Waals surface area contributed by atoms with E-state index in [9.17, 15) is 47.9 Å². The van der Waals surface area contributed by atoms with Crippen molar-refractivity contribution in [1.29, 1.82) is 0 Å². The fraction of sp³-hybridized carbons (Fsp3) is 0.686. The zero-order valence-corrected chi connectivity index (χ0v) is 51.1. The molecule has 0 saturated carbocycles. The molecule has 21 nitrogen and oxygen atoms in total. The van der Waals surface area contributed by atoms with Crippen LogP contribution in [-0.2, 0) is 54.4 Å². The molecule has 9 atom stereocenters. The summed E-state index contributed by atoms with van der Waals surface area (Å²) in [5.41, 5.74) is 6.81. The van der Waals surface area contributed by atoms with E-state index in [1.54, 1.807) is 55.9 Å². The number of hydrogen-bond donors (Lipinski definition) is 10. The molecule has 0 unspecified atom stereocenters. The topological polar surface area (TPSA) is 316 Å². The molecule has 1 heterocycles. The first-order valence-electron chi connectivity index (χ1n) is 25.9. The largest absolute Gasteiger partial charge is 0.480 e. The first kappa shape index (κ1) is 70.1. The van der Waals surface area contributed by atoms with Crippen LogP contribution >= 0.6 is 70.6 Å². The monoisotopic (exact) mass is 1200 g/mol. The van der Waals surface area contributed by atoms with Crippen LogP contribution in [0.1, 0.15) is 70.8 Å². The Balaban J connectivity index is 2.37. The maximum atomic E-state index is 14.4. The molecule has 0 aliphatic carbocycles. The second-order valence-electron chi connectivity index (χ2n) is 18.9. The van der Waals surface area contributed by atoms with Crippen molar-refractivity contribution in [3.63, 3.8) is 0 Å². The number of hydrogen-bond acceptors (Lipinski definition) is 17. The third-order valence-corrected chi connectivity index (χ3v) is 16.4. The number of nitrogens with two attached hydrogens (primary N) is 1. The number of carboxylic acid groups (broad SMARTS) is 1. The number of amides is 9. The lowest BCUT2D eigenvalue weighted by atomic mass is 10.0. The van der Waals surface area contributed by atoms with Gasteiger partial charge in [-0.3, -0.25) is 47.9 Å². The minimum atomic E-state index is -1.26. The van der Waals surface area contributed by atoms with E-state index in [0.29, 0.717) is 65.8 Å². The Morgan fingerprint density at radius 3 is 1.38 bits per heavy atom. The van der Waals surface area contributed by atoms with E-state index in [-0.39, 0.29) is 38.6 Å². The van der Waals surface area contributed by atoms with E-state index in [1.807, 2.05) is 37.5 Å². The van der Waals surface area contributed by atoms with E-state index in [4.69, 9.17) is 10.8 Å². The van der Waals surface area contributed by atoms with E-state index < -0.39 is 126 Å². The second kappa shape index (κ2) is 39.4. The number of benzene rings is 1. The predicted molar refractivity (Wildman–Crippen MR) is 320 cm³/mol. The minimum Gasteiger partial charge on any atom is -0.480 e. The third-order valence-electron chi connectivity index (χ3n) is 12.6. The third kappa shape index (κ3) is 25.6. The summed E-state index contributed by atoms with van der Waals surface area (Å²) in [5, 5.41) is 31.0. The van der Waals surface area contributed by atoms with Crippen molar-refractivity contribution in [3.8, 4) is 0 Å². The summed E-state index contributed by atoms with van der Waals surface area (Å²) in [7, 11) is 0. The van der Waals surface area contributed by atoms with Gasteiger partial charge in [0.15, 0.2) is 0 Å². The maximum absolute atomic E-state index is 14.4. The van der Waals surface area contributed by atoms with Gasteiger partial charge in [-0.15, -0.1) is 0 Å². The van der Waals surface area contributed by atoms with Crippen LogP contribution in [0.5, 0.6) is 0 Å². The van der Waals surface area contributed by atoms with Gasteiger partial charge in [0.1, 0.15) is 54.9 Å². The van der Waals surface area contributed by atoms with Gasteiger partial charge in [-0.2, -0.15) is 70.6 Å². The first-order chi connectivity index (χ1) is 37.3. The molecule has 0 bridgehead atoms. The summed E-state index contributed by atoms with van der Waals surface area (Å²) < 4.78 is 0. The Hall–Kier alpha value is -4.02. The quantitative estimate of drug-likeness (QED) is 0.0444. The van der Waals surface area contributed by atoms with Gasteiger partial charge in [0.05, 0.1) is 6.04 Å². The SMILES string of the molecule is CSCC[C@H](NC(=O)[C@H](CCSC)NC(=O)[C@H](CCSC)NC(=O)[C@H]1CCCN1C(=O)[C@H](CCSC)NC(=O)[C@H](CCSC)NC(=O)[C@@H](N)CCSC)C(=O)N[C@@H](Cc1ccccc1)C(=O)N[C@H](C(=O)NCC(=O)O)C(C)C. The van der Waals surface area contributed by atoms with E-state index in [2.05, 4.69) is 42.5 Å². The summed E-state index contributed by atoms with van der Waals surface area (Å²) in [6.45, 7) is 2.92. The molecule has 27 heteroatoms. The molecule has 78 heavy (non-hydrogen) atoms. The molecule has 1 aromatic carbocycles. The van der Waals surface area contributed by atoms with Crippen molar-refractivity contribution in [2.75, 3.05) is 85.1 Å². The normalized spacial score (nSPS) is 16.2. The summed E-state index contributed by atoms with van der Waals surface area (Å²) in [5.74, 6) is -4.15. The highest BCUT2D eigenvalue weighted by Crippen LogP contribution is 2.21. The van der Waals surface area contributed by atoms with Gasteiger partial charge in [0.2, 0.25) is 53.2 Å². The molecule has 1 aliphatic rings. The highest BCUT2D eigenvalue weighted by Gasteiger charge is 2.40. The Morgan fingerprint density at radius 2 is 0.936 bits per heavy atom. The molecule has 0 spiro atoms. The lowest BCUT2D eigenvalue weighted by Gasteiger charge is -2.31. The zero-order valence-electron chi connectivity index (χ0n) is 46.2. The predicted octanol–water partition coefficient (Wildman–Crippen LogP) is 1.32. The average Bonchev–Trinajstić information content (AvgIpc) is 3.92. The minimum absolute atomic E-state index is 0.00914. The number of aliphatic carboxylic acids is 1. The lowest BCUT2D eigenvalue weighted by molar-refractivity contribution is -0.142. The standard InChI is InChI=1S/C51H84N10O11S6/c1-31(2)42(50(71)53-30-41(62)63)60-48(69)39(29-32-13-10-9-11-14-32)59-47(68)36(19-26-76-6)56-44(65)35(18-25-75-5)55-45(66)37(20-27-77-7)57-49(70)40-15-12-22-61(40)51(72)38(21-28-78-8)58-46(67)34(17-24-74-4)54-43(64)33(52)16-23-73-3/h9-11,13-14,31,33-40,42H,12,15-30,52H2,1-8H3,(H,53,71)(H,54,64)(H,55,66)(H,56,65)(H,57,70)(H,58,67)(H,59,68)(H,60,69)(H,62,63)/t33-,34-,35-,36-,37-,38-,39-,40+,42-/m0/s1. The zero-order chi connectivity index (χ0) is 58.2. The van der Waals surface area contributed by atoms with Gasteiger partial charge in [0, 0.05) is 13.0 Å². The lowest BCUT2D eigenvalue weighted by Crippen LogP contribution is -2.61. The fourth-order valence-electron chi connectivity index (χ4n) is 8.15. The van der Waals surface area contributed by atoms with Crippen molar-refractivity contribution in [2.45, 2.75) is 126 Å². The van der Waals surface area contributed by atoms with Crippen LogP contribution in [0.25, 0.3) is 0 Å². The molecule has 11 N–H and O–H groups in total. The Morgan fingerprint density at radius 1 is 0.538 bits per heavy atom. The van der Waals surface area contributed by atoms with Crippen LogP contribution in [-0.4, -0.2) is 209 Å². The summed E-state index contributed by atoms with van der Waals surface area (Å²) in [4.78, 5) is 138. The van der Waals surface area contributed by atoms with Gasteiger partial charge < -0.3 is 58.3 Å². The number of nitrogens with one attached hydrogen (secondary N) is 8. The summed E-state index contributed by atoms with van der Waals surface area (Å²) >= 11 is 8.85. The molecule has 1 fully saturated rings. The Kier molecular flexibility index (Phi) is 35.4. The molecule has 1 aromatic rings. The van der Waals surface area contributed by atoms with E-state index in [0.717, 1.165) is 0 Å². The Labute approximate surface area is 485 Å². The van der Waals surface area contributed by atoms with Crippen molar-refractivity contribution in [2.24, 2.45) is 11.7 Å². The van der Waals surface area contributed by atoms with E-state index >= 15 is 0 Å². The first-order valence-corrected chi connectivity index (χ1v) is 34.3. The van der Waals surface area contributed by atoms with Crippen LogP contribution in [0.4, 0.5) is 0 Å².